The average Bonchev–Trinajstić information content (AvgIpc) is 3.25. The number of sulfonamides is 1. The van der Waals surface area contributed by atoms with Gasteiger partial charge < -0.3 is 5.32 Å². The van der Waals surface area contributed by atoms with Gasteiger partial charge in [-0.1, -0.05) is 0 Å². The molecule has 32 heavy (non-hydrogen) atoms. The van der Waals surface area contributed by atoms with E-state index in [0.29, 0.717) is 5.69 Å². The number of hydrogen-bond donors (Lipinski definition) is 2. The summed E-state index contributed by atoms with van der Waals surface area (Å²) in [5.74, 6) is -0.533. The first-order chi connectivity index (χ1) is 15.1. The number of nitrogens with zero attached hydrogens (tertiary/aromatic N) is 3. The zero-order valence-corrected chi connectivity index (χ0v) is 17.1. The van der Waals surface area contributed by atoms with Crippen LogP contribution in [0.5, 0.6) is 0 Å². The summed E-state index contributed by atoms with van der Waals surface area (Å²) >= 11 is 0. The monoisotopic (exact) mass is 463 g/mol. The zero-order chi connectivity index (χ0) is 23.4. The van der Waals surface area contributed by atoms with Crippen molar-refractivity contribution in [2.75, 3.05) is 11.9 Å². The molecule has 12 heteroatoms. The maximum atomic E-state index is 13.0. The summed E-state index contributed by atoms with van der Waals surface area (Å²) in [6, 6.07) is 13.4. The maximum absolute atomic E-state index is 13.0. The second kappa shape index (κ2) is 9.21. The summed E-state index contributed by atoms with van der Waals surface area (Å²) < 4.78 is 66.2. The Morgan fingerprint density at radius 3 is 2.31 bits per heavy atom. The van der Waals surface area contributed by atoms with Crippen LogP contribution in [0.3, 0.4) is 0 Å². The van der Waals surface area contributed by atoms with Gasteiger partial charge >= 0.3 is 6.18 Å². The number of halogens is 3. The Balaban J connectivity index is 1.69. The first kappa shape index (κ1) is 23.0. The first-order valence-corrected chi connectivity index (χ1v) is 10.6. The van der Waals surface area contributed by atoms with Crippen molar-refractivity contribution < 1.29 is 26.4 Å². The molecule has 0 radical (unpaired) electrons. The molecule has 166 valence electrons. The molecule has 1 amide bonds. The number of amides is 1. The van der Waals surface area contributed by atoms with Gasteiger partial charge in [0.25, 0.3) is 5.91 Å². The van der Waals surface area contributed by atoms with Crippen LogP contribution in [0.25, 0.3) is 5.69 Å². The highest BCUT2D eigenvalue weighted by Gasteiger charge is 2.35. The summed E-state index contributed by atoms with van der Waals surface area (Å²) in [6.07, 6.45) is -3.49. The smallest absolute Gasteiger partial charge is 0.322 e. The van der Waals surface area contributed by atoms with Gasteiger partial charge in [0.05, 0.1) is 22.8 Å². The molecule has 1 heterocycles. The highest BCUT2D eigenvalue weighted by Crippen LogP contribution is 2.30. The third kappa shape index (κ3) is 5.32. The fourth-order valence-corrected chi connectivity index (χ4v) is 3.75. The Bertz CT molecular complexity index is 1250. The van der Waals surface area contributed by atoms with Crippen molar-refractivity contribution in [3.63, 3.8) is 0 Å². The lowest BCUT2D eigenvalue weighted by Gasteiger charge is -2.11. The number of anilines is 1. The van der Waals surface area contributed by atoms with E-state index in [4.69, 9.17) is 5.26 Å². The summed E-state index contributed by atoms with van der Waals surface area (Å²) in [7, 11) is -3.80. The average molecular weight is 463 g/mol. The minimum atomic E-state index is -4.56. The largest absolute Gasteiger partial charge is 0.433 e. The maximum Gasteiger partial charge on any atom is 0.433 e. The van der Waals surface area contributed by atoms with Gasteiger partial charge in [-0.25, -0.2) is 17.8 Å². The number of alkyl halides is 3. The van der Waals surface area contributed by atoms with E-state index in [1.165, 1.54) is 48.5 Å². The predicted octanol–water partition coefficient (Wildman–Crippen LogP) is 3.34. The number of rotatable bonds is 7. The normalized spacial score (nSPS) is 11.7. The molecule has 0 aliphatic carbocycles. The molecule has 0 bridgehead atoms. The van der Waals surface area contributed by atoms with Crippen molar-refractivity contribution in [3.05, 3.63) is 72.1 Å². The SMILES string of the molecule is N#CCCNS(=O)(=O)c1ccc(C(=O)Nc2ccc(-n3nccc3C(F)(F)F)cc2)cc1. The lowest BCUT2D eigenvalue weighted by Crippen LogP contribution is -2.24. The summed E-state index contributed by atoms with van der Waals surface area (Å²) in [4.78, 5) is 12.3. The van der Waals surface area contributed by atoms with Crippen molar-refractivity contribution in [2.45, 2.75) is 17.5 Å². The lowest BCUT2D eigenvalue weighted by molar-refractivity contribution is -0.142. The number of aromatic nitrogens is 2. The Morgan fingerprint density at radius 1 is 1.06 bits per heavy atom. The van der Waals surface area contributed by atoms with Crippen molar-refractivity contribution in [3.8, 4) is 11.8 Å². The van der Waals surface area contributed by atoms with Crippen LogP contribution in [0.1, 0.15) is 22.5 Å². The molecule has 0 spiro atoms. The Labute approximate surface area is 181 Å². The van der Waals surface area contributed by atoms with Gasteiger partial charge in [-0.05, 0) is 54.6 Å². The van der Waals surface area contributed by atoms with Crippen molar-refractivity contribution >= 4 is 21.6 Å². The second-order valence-corrected chi connectivity index (χ2v) is 8.22. The highest BCUT2D eigenvalue weighted by molar-refractivity contribution is 7.89. The predicted molar refractivity (Wildman–Crippen MR) is 108 cm³/mol. The molecule has 2 N–H and O–H groups in total. The van der Waals surface area contributed by atoms with E-state index in [-0.39, 0.29) is 29.1 Å². The number of nitrogens with one attached hydrogen (secondary N) is 2. The van der Waals surface area contributed by atoms with E-state index in [1.807, 2.05) is 6.07 Å². The summed E-state index contributed by atoms with van der Waals surface area (Å²) in [5, 5.41) is 14.7. The Hall–Kier alpha value is -3.69. The molecule has 0 unspecified atom stereocenters. The standard InChI is InChI=1S/C20H16F3N5O3S/c21-20(22,23)18-10-13-25-28(18)16-6-4-15(5-7-16)27-19(29)14-2-8-17(9-3-14)32(30,31)26-12-1-11-24/h2-10,13,26H,1,12H2,(H,27,29). The van der Waals surface area contributed by atoms with Crippen LogP contribution in [0, 0.1) is 11.3 Å². The van der Waals surface area contributed by atoms with E-state index >= 15 is 0 Å². The third-order valence-corrected chi connectivity index (χ3v) is 5.74. The molecule has 0 saturated heterocycles. The molecule has 0 aliphatic heterocycles. The molecule has 0 aliphatic rings. The number of carbonyl (C=O) groups excluding carboxylic acids is 1. The van der Waals surface area contributed by atoms with Crippen molar-refractivity contribution in [1.82, 2.24) is 14.5 Å². The Morgan fingerprint density at radius 2 is 1.72 bits per heavy atom. The molecular weight excluding hydrogens is 447 g/mol. The van der Waals surface area contributed by atoms with E-state index in [9.17, 15) is 26.4 Å². The minimum Gasteiger partial charge on any atom is -0.322 e. The van der Waals surface area contributed by atoms with E-state index in [0.717, 1.165) is 16.9 Å². The van der Waals surface area contributed by atoms with E-state index in [1.54, 1.807) is 0 Å². The molecule has 3 aromatic rings. The van der Waals surface area contributed by atoms with E-state index in [2.05, 4.69) is 15.1 Å². The summed E-state index contributed by atoms with van der Waals surface area (Å²) in [6.45, 7) is -0.0277. The molecule has 2 aromatic carbocycles. The van der Waals surface area contributed by atoms with Gasteiger partial charge in [-0.2, -0.15) is 23.5 Å². The van der Waals surface area contributed by atoms with Crippen LogP contribution in [0.15, 0.2) is 65.7 Å². The molecule has 0 fully saturated rings. The van der Waals surface area contributed by atoms with Crippen LogP contribution in [0.4, 0.5) is 18.9 Å². The quantitative estimate of drug-likeness (QED) is 0.522. The van der Waals surface area contributed by atoms with Gasteiger partial charge in [0.2, 0.25) is 10.0 Å². The molecule has 0 saturated carbocycles. The van der Waals surface area contributed by atoms with Crippen LogP contribution in [0.2, 0.25) is 0 Å². The van der Waals surface area contributed by atoms with Crippen LogP contribution >= 0.6 is 0 Å². The van der Waals surface area contributed by atoms with Crippen LogP contribution in [-0.2, 0) is 16.2 Å². The number of nitriles is 1. The Kier molecular flexibility index (Phi) is 6.61. The number of benzene rings is 2. The van der Waals surface area contributed by atoms with E-state index < -0.39 is 27.8 Å². The topological polar surface area (TPSA) is 117 Å². The van der Waals surface area contributed by atoms with Gasteiger partial charge in [-0.15, -0.1) is 0 Å². The molecule has 3 rings (SSSR count). The van der Waals surface area contributed by atoms with Crippen molar-refractivity contribution in [2.24, 2.45) is 0 Å². The molecular formula is C20H16F3N5O3S. The van der Waals surface area contributed by atoms with Gasteiger partial charge in [0.15, 0.2) is 0 Å². The van der Waals surface area contributed by atoms with Gasteiger partial charge in [0, 0.05) is 24.2 Å². The van der Waals surface area contributed by atoms with Gasteiger partial charge in [-0.3, -0.25) is 4.79 Å². The number of hydrogen-bond acceptors (Lipinski definition) is 5. The van der Waals surface area contributed by atoms with Crippen LogP contribution < -0.4 is 10.0 Å². The fourth-order valence-electron chi connectivity index (χ4n) is 2.72. The lowest BCUT2D eigenvalue weighted by atomic mass is 10.2. The zero-order valence-electron chi connectivity index (χ0n) is 16.3. The van der Waals surface area contributed by atoms with Crippen molar-refractivity contribution in [1.29, 1.82) is 5.26 Å². The fraction of sp³-hybridized carbons (Fsp3) is 0.150. The van der Waals surface area contributed by atoms with Crippen LogP contribution in [-0.4, -0.2) is 30.7 Å². The second-order valence-electron chi connectivity index (χ2n) is 6.46. The van der Waals surface area contributed by atoms with Gasteiger partial charge in [0.1, 0.15) is 5.69 Å². The first-order valence-electron chi connectivity index (χ1n) is 9.11. The molecule has 1 aromatic heterocycles. The third-order valence-electron chi connectivity index (χ3n) is 4.26. The molecule has 0 atom stereocenters. The summed E-state index contributed by atoms with van der Waals surface area (Å²) in [5.41, 5.74) is -0.254. The minimum absolute atomic E-state index is 0.0242. The number of carbonyl (C=O) groups is 1. The highest BCUT2D eigenvalue weighted by atomic mass is 32.2. The molecule has 8 nitrogen and oxygen atoms in total.